The van der Waals surface area contributed by atoms with Crippen LogP contribution in [0.1, 0.15) is 23.7 Å². The molecule has 0 aliphatic carbocycles. The van der Waals surface area contributed by atoms with Crippen molar-refractivity contribution in [2.45, 2.75) is 19.4 Å². The van der Waals surface area contributed by atoms with Gasteiger partial charge in [0.15, 0.2) is 17.3 Å². The molecule has 1 aromatic carbocycles. The first-order valence-corrected chi connectivity index (χ1v) is 9.55. The predicted molar refractivity (Wildman–Crippen MR) is 110 cm³/mol. The van der Waals surface area contributed by atoms with E-state index in [1.54, 1.807) is 17.0 Å². The number of benzene rings is 1. The summed E-state index contributed by atoms with van der Waals surface area (Å²) < 4.78 is 16.4. The van der Waals surface area contributed by atoms with E-state index in [-0.39, 0.29) is 34.6 Å². The van der Waals surface area contributed by atoms with Gasteiger partial charge >= 0.3 is 5.97 Å². The van der Waals surface area contributed by atoms with Crippen molar-refractivity contribution < 1.29 is 19.4 Å². The van der Waals surface area contributed by atoms with Crippen LogP contribution in [0, 0.1) is 11.7 Å². The topological polar surface area (TPSA) is 122 Å². The number of anilines is 1. The molecule has 9 heteroatoms. The summed E-state index contributed by atoms with van der Waals surface area (Å²) in [7, 11) is 0. The van der Waals surface area contributed by atoms with E-state index in [2.05, 4.69) is 4.98 Å². The molecule has 1 aliphatic rings. The van der Waals surface area contributed by atoms with Gasteiger partial charge in [-0.05, 0) is 49.6 Å². The van der Waals surface area contributed by atoms with Gasteiger partial charge in [0.1, 0.15) is 11.3 Å². The molecule has 3 heterocycles. The fourth-order valence-electron chi connectivity index (χ4n) is 3.81. The molecule has 4 rings (SSSR count). The Morgan fingerprint density at radius 2 is 2.03 bits per heavy atom. The second kappa shape index (κ2) is 7.42. The third kappa shape index (κ3) is 3.37. The summed E-state index contributed by atoms with van der Waals surface area (Å²) in [6.45, 7) is 3.04. The molecule has 0 bridgehead atoms. The number of rotatable bonds is 4. The van der Waals surface area contributed by atoms with Crippen molar-refractivity contribution >= 4 is 22.8 Å². The standard InChI is InChI=1S/C21H21FN4O4/c1-11(23)12-6-7-25(9-12)20-17(22)8-15-18(28)16(21(29)30)10-26(19(15)24-20)13-2-4-14(27)5-3-13/h2-5,8,10-12,27H,6-7,9,23H2,1H3,(H,29,30)/t11-,12+/m1/s1. The zero-order valence-electron chi connectivity index (χ0n) is 16.2. The molecule has 2 aromatic heterocycles. The number of hydrogen-bond acceptors (Lipinski definition) is 6. The number of carboxylic acid groups (broad SMARTS) is 1. The number of carbonyl (C=O) groups is 1. The fraction of sp³-hybridized carbons (Fsp3) is 0.286. The van der Waals surface area contributed by atoms with Crippen molar-refractivity contribution in [2.24, 2.45) is 11.7 Å². The molecule has 0 spiro atoms. The Morgan fingerprint density at radius 3 is 2.63 bits per heavy atom. The average Bonchev–Trinajstić information content (AvgIpc) is 3.19. The number of phenols is 1. The molecule has 0 saturated carbocycles. The van der Waals surface area contributed by atoms with E-state index in [9.17, 15) is 24.2 Å². The number of carboxylic acids is 1. The maximum atomic E-state index is 14.9. The lowest BCUT2D eigenvalue weighted by molar-refractivity contribution is 0.0695. The van der Waals surface area contributed by atoms with Crippen LogP contribution < -0.4 is 16.1 Å². The molecule has 1 saturated heterocycles. The van der Waals surface area contributed by atoms with Gasteiger partial charge in [-0.15, -0.1) is 0 Å². The lowest BCUT2D eigenvalue weighted by atomic mass is 10.0. The van der Waals surface area contributed by atoms with Crippen molar-refractivity contribution in [1.29, 1.82) is 0 Å². The first-order valence-electron chi connectivity index (χ1n) is 9.55. The maximum absolute atomic E-state index is 14.9. The second-order valence-electron chi connectivity index (χ2n) is 7.58. The molecule has 1 fully saturated rings. The van der Waals surface area contributed by atoms with E-state index < -0.39 is 22.8 Å². The van der Waals surface area contributed by atoms with Crippen LogP contribution in [0.2, 0.25) is 0 Å². The van der Waals surface area contributed by atoms with Crippen LogP contribution in [-0.2, 0) is 0 Å². The summed E-state index contributed by atoms with van der Waals surface area (Å²) in [6, 6.07) is 6.97. The zero-order valence-corrected chi connectivity index (χ0v) is 16.2. The Morgan fingerprint density at radius 1 is 1.33 bits per heavy atom. The van der Waals surface area contributed by atoms with Crippen LogP contribution in [0.5, 0.6) is 5.75 Å². The zero-order chi connectivity index (χ0) is 21.6. The lowest BCUT2D eigenvalue weighted by Crippen LogP contribution is -2.30. The third-order valence-corrected chi connectivity index (χ3v) is 5.54. The SMILES string of the molecule is C[C@@H](N)[C@H]1CCN(c2nc3c(cc2F)c(=O)c(C(=O)O)cn3-c2ccc(O)cc2)C1. The van der Waals surface area contributed by atoms with Crippen LogP contribution in [-0.4, -0.2) is 44.9 Å². The van der Waals surface area contributed by atoms with Crippen LogP contribution in [0.3, 0.4) is 0 Å². The number of phenolic OH excluding ortho intramolecular Hbond substituents is 1. The van der Waals surface area contributed by atoms with Gasteiger partial charge in [0.05, 0.1) is 5.39 Å². The van der Waals surface area contributed by atoms with Gasteiger partial charge in [-0.2, -0.15) is 0 Å². The average molecular weight is 412 g/mol. The fourth-order valence-corrected chi connectivity index (χ4v) is 3.81. The number of aromatic carboxylic acids is 1. The van der Waals surface area contributed by atoms with Crippen molar-refractivity contribution in [3.8, 4) is 11.4 Å². The van der Waals surface area contributed by atoms with Gasteiger partial charge in [0.25, 0.3) is 0 Å². The third-order valence-electron chi connectivity index (χ3n) is 5.54. The Labute approximate surface area is 171 Å². The number of nitrogens with zero attached hydrogens (tertiary/aromatic N) is 3. The van der Waals surface area contributed by atoms with Gasteiger partial charge in [-0.3, -0.25) is 4.79 Å². The Hall–Kier alpha value is -3.46. The highest BCUT2D eigenvalue weighted by atomic mass is 19.1. The molecule has 8 nitrogen and oxygen atoms in total. The highest BCUT2D eigenvalue weighted by molar-refractivity contribution is 5.92. The highest BCUT2D eigenvalue weighted by Crippen LogP contribution is 2.29. The molecule has 3 aromatic rings. The first-order chi connectivity index (χ1) is 14.3. The molecule has 4 N–H and O–H groups in total. The molecule has 1 aliphatic heterocycles. The molecule has 30 heavy (non-hydrogen) atoms. The number of nitrogens with two attached hydrogens (primary N) is 1. The lowest BCUT2D eigenvalue weighted by Gasteiger charge is -2.21. The van der Waals surface area contributed by atoms with Gasteiger partial charge in [0, 0.05) is 31.0 Å². The van der Waals surface area contributed by atoms with E-state index >= 15 is 0 Å². The van der Waals surface area contributed by atoms with E-state index in [4.69, 9.17) is 5.73 Å². The summed E-state index contributed by atoms with van der Waals surface area (Å²) in [5.74, 6) is -1.78. The van der Waals surface area contributed by atoms with Gasteiger partial charge < -0.3 is 25.4 Å². The molecule has 0 radical (unpaired) electrons. The van der Waals surface area contributed by atoms with Crippen LogP contribution in [0.25, 0.3) is 16.7 Å². The molecular weight excluding hydrogens is 391 g/mol. The highest BCUT2D eigenvalue weighted by Gasteiger charge is 2.29. The minimum atomic E-state index is -1.42. The van der Waals surface area contributed by atoms with E-state index in [0.29, 0.717) is 18.8 Å². The van der Waals surface area contributed by atoms with Crippen molar-refractivity contribution in [3.63, 3.8) is 0 Å². The van der Waals surface area contributed by atoms with Crippen molar-refractivity contribution in [1.82, 2.24) is 9.55 Å². The van der Waals surface area contributed by atoms with Crippen molar-refractivity contribution in [2.75, 3.05) is 18.0 Å². The molecule has 0 unspecified atom stereocenters. The largest absolute Gasteiger partial charge is 0.508 e. The number of pyridine rings is 2. The van der Waals surface area contributed by atoms with Crippen LogP contribution in [0.15, 0.2) is 41.3 Å². The Bertz CT molecular complexity index is 1190. The van der Waals surface area contributed by atoms with Crippen LogP contribution >= 0.6 is 0 Å². The minimum absolute atomic E-state index is 0.0289. The number of aromatic nitrogens is 2. The van der Waals surface area contributed by atoms with Crippen LogP contribution in [0.4, 0.5) is 10.2 Å². The van der Waals surface area contributed by atoms with Gasteiger partial charge in [-0.1, -0.05) is 0 Å². The maximum Gasteiger partial charge on any atom is 0.341 e. The Kier molecular flexibility index (Phi) is 4.90. The molecule has 0 amide bonds. The van der Waals surface area contributed by atoms with Crippen molar-refractivity contribution in [3.05, 3.63) is 58.1 Å². The van der Waals surface area contributed by atoms with E-state index in [0.717, 1.165) is 12.5 Å². The quantitative estimate of drug-likeness (QED) is 0.600. The summed E-state index contributed by atoms with van der Waals surface area (Å²) in [5, 5.41) is 18.9. The number of fused-ring (bicyclic) bond motifs is 1. The molecule has 2 atom stereocenters. The molecular formula is C21H21FN4O4. The number of hydrogen-bond donors (Lipinski definition) is 3. The summed E-state index contributed by atoms with van der Waals surface area (Å²) in [4.78, 5) is 30.5. The van der Waals surface area contributed by atoms with E-state index in [1.807, 2.05) is 6.92 Å². The number of halogens is 1. The summed E-state index contributed by atoms with van der Waals surface area (Å²) >= 11 is 0. The monoisotopic (exact) mass is 412 g/mol. The predicted octanol–water partition coefficient (Wildman–Crippen LogP) is 2.10. The summed E-state index contributed by atoms with van der Waals surface area (Å²) in [6.07, 6.45) is 1.97. The summed E-state index contributed by atoms with van der Waals surface area (Å²) in [5.41, 5.74) is 5.29. The Balaban J connectivity index is 1.94. The smallest absolute Gasteiger partial charge is 0.341 e. The van der Waals surface area contributed by atoms with Gasteiger partial charge in [0.2, 0.25) is 5.43 Å². The van der Waals surface area contributed by atoms with E-state index in [1.165, 1.54) is 22.9 Å². The first kappa shape index (κ1) is 19.8. The van der Waals surface area contributed by atoms with Gasteiger partial charge in [-0.25, -0.2) is 14.2 Å². The second-order valence-corrected chi connectivity index (χ2v) is 7.58. The number of aromatic hydroxyl groups is 1. The molecule has 156 valence electrons. The normalized spacial score (nSPS) is 17.4. The minimum Gasteiger partial charge on any atom is -0.508 e.